The largest absolute Gasteiger partial charge is 0.450 e. The van der Waals surface area contributed by atoms with Gasteiger partial charge in [0, 0.05) is 29.0 Å². The fourth-order valence-corrected chi connectivity index (χ4v) is 5.48. The number of aromatic nitrogens is 2. The molecular weight excluding hydrogens is 526 g/mol. The standard InChI is InChI=1S/C31H29N3O5S/c1-4-19(3)20-10-13-23(14-11-20)34-29(36)25-8-6-7-9-26(25)33-30(34)40-18-21-16-28(35)39-27-17-22(12-15-24(21)27)32-31(37)38-5-2/h6-17,19H,4-5,18H2,1-3H3,(H,32,37)/t19-/m1/s1. The van der Waals surface area contributed by atoms with Gasteiger partial charge in [0.05, 0.1) is 23.2 Å². The molecule has 9 heteroatoms. The molecule has 5 rings (SSSR count). The maximum absolute atomic E-state index is 13.7. The molecule has 0 saturated carbocycles. The van der Waals surface area contributed by atoms with Crippen molar-refractivity contribution in [2.24, 2.45) is 0 Å². The lowest BCUT2D eigenvalue weighted by Gasteiger charge is -2.15. The summed E-state index contributed by atoms with van der Waals surface area (Å²) in [6, 6.07) is 21.8. The second-order valence-electron chi connectivity index (χ2n) is 9.39. The first-order valence-corrected chi connectivity index (χ1v) is 14.1. The molecule has 3 aromatic carbocycles. The summed E-state index contributed by atoms with van der Waals surface area (Å²) in [5.41, 5.74) is 3.38. The zero-order valence-corrected chi connectivity index (χ0v) is 23.3. The van der Waals surface area contributed by atoms with Gasteiger partial charge in [-0.1, -0.05) is 49.9 Å². The van der Waals surface area contributed by atoms with E-state index < -0.39 is 11.7 Å². The number of nitrogens with zero attached hydrogens (tertiary/aromatic N) is 2. The first kappa shape index (κ1) is 27.2. The van der Waals surface area contributed by atoms with Crippen LogP contribution in [0.3, 0.4) is 0 Å². The van der Waals surface area contributed by atoms with Gasteiger partial charge in [0.15, 0.2) is 5.16 Å². The first-order chi connectivity index (χ1) is 19.4. The van der Waals surface area contributed by atoms with Gasteiger partial charge < -0.3 is 9.15 Å². The number of hydrogen-bond donors (Lipinski definition) is 1. The van der Waals surface area contributed by atoms with Gasteiger partial charge in [-0.15, -0.1) is 0 Å². The molecule has 0 aliphatic carbocycles. The molecular formula is C31H29N3O5S. The summed E-state index contributed by atoms with van der Waals surface area (Å²) in [6.07, 6.45) is 0.436. The number of nitrogens with one attached hydrogen (secondary N) is 1. The number of thioether (sulfide) groups is 1. The van der Waals surface area contributed by atoms with Crippen LogP contribution in [-0.2, 0) is 10.5 Å². The lowest BCUT2D eigenvalue weighted by molar-refractivity contribution is 0.168. The Labute approximate surface area is 235 Å². The van der Waals surface area contributed by atoms with Gasteiger partial charge in [-0.2, -0.15) is 0 Å². The fraction of sp³-hybridized carbons (Fsp3) is 0.226. The minimum absolute atomic E-state index is 0.156. The molecule has 0 aliphatic heterocycles. The monoisotopic (exact) mass is 555 g/mol. The van der Waals surface area contributed by atoms with Crippen molar-refractivity contribution >= 4 is 45.4 Å². The van der Waals surface area contributed by atoms with Crippen LogP contribution in [0, 0.1) is 0 Å². The SMILES string of the molecule is CCOC(=O)Nc1ccc2c(CSc3nc4ccccc4c(=O)n3-c3ccc([C@H](C)CC)cc3)cc(=O)oc2c1. The van der Waals surface area contributed by atoms with Crippen LogP contribution in [0.25, 0.3) is 27.6 Å². The highest BCUT2D eigenvalue weighted by Crippen LogP contribution is 2.29. The number of anilines is 1. The molecule has 1 atom stereocenters. The minimum atomic E-state index is -0.589. The van der Waals surface area contributed by atoms with Crippen LogP contribution in [0.2, 0.25) is 0 Å². The number of ether oxygens (including phenoxy) is 1. The van der Waals surface area contributed by atoms with Crippen LogP contribution >= 0.6 is 11.8 Å². The number of amides is 1. The Hall–Kier alpha value is -4.37. The Morgan fingerprint density at radius 3 is 2.55 bits per heavy atom. The fourth-order valence-electron chi connectivity index (χ4n) is 4.48. The third kappa shape index (κ3) is 5.65. The van der Waals surface area contributed by atoms with Gasteiger partial charge in [-0.05, 0) is 66.8 Å². The normalized spacial score (nSPS) is 12.0. The molecule has 0 saturated heterocycles. The van der Waals surface area contributed by atoms with Crippen LogP contribution < -0.4 is 16.5 Å². The number of para-hydroxylation sites is 1. The summed E-state index contributed by atoms with van der Waals surface area (Å²) in [7, 11) is 0. The Morgan fingerprint density at radius 2 is 1.80 bits per heavy atom. The predicted octanol–water partition coefficient (Wildman–Crippen LogP) is 6.87. The van der Waals surface area contributed by atoms with Gasteiger partial charge in [-0.25, -0.2) is 14.6 Å². The van der Waals surface area contributed by atoms with Crippen molar-refractivity contribution in [2.45, 2.75) is 44.0 Å². The Bertz CT molecular complexity index is 1810. The van der Waals surface area contributed by atoms with Crippen LogP contribution in [0.15, 0.2) is 92.0 Å². The maximum Gasteiger partial charge on any atom is 0.411 e. The van der Waals surface area contributed by atoms with Crippen molar-refractivity contribution in [3.63, 3.8) is 0 Å². The number of carbonyl (C=O) groups is 1. The van der Waals surface area contributed by atoms with Gasteiger partial charge in [-0.3, -0.25) is 14.7 Å². The second-order valence-corrected chi connectivity index (χ2v) is 10.3. The molecule has 2 heterocycles. The average molecular weight is 556 g/mol. The highest BCUT2D eigenvalue weighted by atomic mass is 32.2. The summed E-state index contributed by atoms with van der Waals surface area (Å²) < 4.78 is 12.0. The van der Waals surface area contributed by atoms with Gasteiger partial charge in [0.1, 0.15) is 5.58 Å². The van der Waals surface area contributed by atoms with Crippen molar-refractivity contribution in [3.8, 4) is 5.69 Å². The Kier molecular flexibility index (Phi) is 8.02. The van der Waals surface area contributed by atoms with Crippen molar-refractivity contribution in [1.82, 2.24) is 9.55 Å². The molecule has 0 fully saturated rings. The molecule has 0 bridgehead atoms. The molecule has 2 aromatic heterocycles. The van der Waals surface area contributed by atoms with Gasteiger partial charge in [0.25, 0.3) is 5.56 Å². The van der Waals surface area contributed by atoms with Crippen LogP contribution in [0.5, 0.6) is 0 Å². The van der Waals surface area contributed by atoms with Crippen molar-refractivity contribution in [1.29, 1.82) is 0 Å². The maximum atomic E-state index is 13.7. The molecule has 8 nitrogen and oxygen atoms in total. The predicted molar refractivity (Wildman–Crippen MR) is 159 cm³/mol. The molecule has 204 valence electrons. The summed E-state index contributed by atoms with van der Waals surface area (Å²) in [5, 5.41) is 4.38. The number of fused-ring (bicyclic) bond motifs is 2. The van der Waals surface area contributed by atoms with E-state index in [1.807, 2.05) is 30.3 Å². The Balaban J connectivity index is 1.53. The number of rotatable bonds is 8. The zero-order chi connectivity index (χ0) is 28.2. The molecule has 0 aliphatic rings. The van der Waals surface area contributed by atoms with Crippen molar-refractivity contribution in [3.05, 3.63) is 105 Å². The van der Waals surface area contributed by atoms with Crippen molar-refractivity contribution < 1.29 is 13.9 Å². The smallest absolute Gasteiger partial charge is 0.411 e. The molecule has 0 unspecified atom stereocenters. The third-order valence-corrected chi connectivity index (χ3v) is 7.77. The minimum Gasteiger partial charge on any atom is -0.450 e. The average Bonchev–Trinajstić information content (AvgIpc) is 2.95. The molecule has 5 aromatic rings. The zero-order valence-electron chi connectivity index (χ0n) is 22.5. The van der Waals surface area contributed by atoms with Crippen molar-refractivity contribution in [2.75, 3.05) is 11.9 Å². The third-order valence-electron chi connectivity index (χ3n) is 6.79. The first-order valence-electron chi connectivity index (χ1n) is 13.1. The van der Waals surface area contributed by atoms with E-state index in [2.05, 4.69) is 31.3 Å². The van der Waals surface area contributed by atoms with E-state index in [9.17, 15) is 14.4 Å². The molecule has 0 spiro atoms. The van der Waals surface area contributed by atoms with E-state index in [1.54, 1.807) is 35.8 Å². The number of hydrogen-bond acceptors (Lipinski definition) is 7. The highest BCUT2D eigenvalue weighted by molar-refractivity contribution is 7.98. The molecule has 1 N–H and O–H groups in total. The van der Waals surface area contributed by atoms with Crippen LogP contribution in [0.1, 0.15) is 44.2 Å². The topological polar surface area (TPSA) is 103 Å². The van der Waals surface area contributed by atoms with E-state index >= 15 is 0 Å². The summed E-state index contributed by atoms with van der Waals surface area (Å²) in [5.74, 6) is 0.781. The lowest BCUT2D eigenvalue weighted by atomic mass is 9.98. The van der Waals surface area contributed by atoms with E-state index in [0.717, 1.165) is 17.7 Å². The van der Waals surface area contributed by atoms with E-state index in [4.69, 9.17) is 14.1 Å². The molecule has 1 amide bonds. The highest BCUT2D eigenvalue weighted by Gasteiger charge is 2.16. The quantitative estimate of drug-likeness (QED) is 0.127. The van der Waals surface area contributed by atoms with Crippen LogP contribution in [-0.4, -0.2) is 22.3 Å². The van der Waals surface area contributed by atoms with E-state index in [1.165, 1.54) is 23.4 Å². The summed E-state index contributed by atoms with van der Waals surface area (Å²) in [4.78, 5) is 42.7. The van der Waals surface area contributed by atoms with E-state index in [0.29, 0.717) is 44.4 Å². The molecule has 0 radical (unpaired) electrons. The van der Waals surface area contributed by atoms with E-state index in [-0.39, 0.29) is 12.2 Å². The lowest BCUT2D eigenvalue weighted by Crippen LogP contribution is -2.21. The second kappa shape index (κ2) is 11.8. The molecule has 40 heavy (non-hydrogen) atoms. The Morgan fingerprint density at radius 1 is 1.02 bits per heavy atom. The summed E-state index contributed by atoms with van der Waals surface area (Å²) in [6.45, 7) is 6.29. The number of benzene rings is 3. The van der Waals surface area contributed by atoms with Crippen LogP contribution in [0.4, 0.5) is 10.5 Å². The summed E-state index contributed by atoms with van der Waals surface area (Å²) >= 11 is 1.37. The number of carbonyl (C=O) groups excluding carboxylic acids is 1. The van der Waals surface area contributed by atoms with Gasteiger partial charge >= 0.3 is 11.7 Å². The van der Waals surface area contributed by atoms with Gasteiger partial charge in [0.2, 0.25) is 0 Å².